The third-order valence-electron chi connectivity index (χ3n) is 6.00. The number of ether oxygens (including phenoxy) is 5. The number of hydrogen-bond acceptors (Lipinski definition) is 15. The van der Waals surface area contributed by atoms with E-state index in [2.05, 4.69) is 0 Å². The molecule has 3 rings (SSSR count). The fourth-order valence-electron chi connectivity index (χ4n) is 3.86. The summed E-state index contributed by atoms with van der Waals surface area (Å²) in [7, 11) is 0. The number of hydrogen-bond donors (Lipinski definition) is 10. The summed E-state index contributed by atoms with van der Waals surface area (Å²) in [6, 6.07) is 0. The summed E-state index contributed by atoms with van der Waals surface area (Å²) in [5.74, 6) is -1.66. The molecule has 10 N–H and O–H groups in total. The van der Waals surface area contributed by atoms with E-state index < -0.39 is 105 Å². The second-order valence-electron chi connectivity index (χ2n) is 8.40. The van der Waals surface area contributed by atoms with Crippen LogP contribution in [0.1, 0.15) is 6.92 Å². The highest BCUT2D eigenvalue weighted by molar-refractivity contribution is 5.73. The van der Waals surface area contributed by atoms with Gasteiger partial charge in [0.15, 0.2) is 25.0 Å². The molecule has 34 heavy (non-hydrogen) atoms. The molecule has 0 aliphatic carbocycles. The van der Waals surface area contributed by atoms with Crippen molar-refractivity contribution in [3.63, 3.8) is 0 Å². The van der Waals surface area contributed by atoms with E-state index in [1.54, 1.807) is 0 Å². The molecule has 16 nitrogen and oxygen atoms in total. The molecule has 3 aliphatic heterocycles. The molecule has 0 saturated carbocycles. The Kier molecular flexibility index (Phi) is 8.81. The first kappa shape index (κ1) is 27.5. The summed E-state index contributed by atoms with van der Waals surface area (Å²) in [5.41, 5.74) is 0. The normalized spacial score (nSPS) is 52.4. The van der Waals surface area contributed by atoms with Crippen molar-refractivity contribution in [1.82, 2.24) is 0 Å². The zero-order valence-electron chi connectivity index (χ0n) is 17.8. The quantitative estimate of drug-likeness (QED) is 0.162. The Morgan fingerprint density at radius 2 is 1.29 bits per heavy atom. The molecule has 0 amide bonds. The second kappa shape index (κ2) is 10.9. The largest absolute Gasteiger partial charge is 0.479 e. The summed E-state index contributed by atoms with van der Waals surface area (Å²) in [6.07, 6.45) is -25.8. The molecule has 15 atom stereocenters. The van der Waals surface area contributed by atoms with E-state index in [0.29, 0.717) is 0 Å². The summed E-state index contributed by atoms with van der Waals surface area (Å²) in [5, 5.41) is 98.9. The standard InChI is InChI=1S/C18H30O16/c1-3-5(19)7(21)11(25)18(31-3)33-13-9(23)12(26)17(34-14(13)15(27)28)30-2-4-6(20)8(22)10(24)16(29)32-4/h3-14,16-26,29H,2H2,1H3,(H,27,28)/t3-,4+,5-,6-,7+,8-,9+,10+,11+,12+,13-,14-,16?,17+,18-/m0/s1. The molecule has 0 radical (unpaired) electrons. The molecule has 16 heteroatoms. The Labute approximate surface area is 192 Å². The summed E-state index contributed by atoms with van der Waals surface area (Å²) >= 11 is 0. The molecular formula is C18H30O16. The summed E-state index contributed by atoms with van der Waals surface area (Å²) in [4.78, 5) is 11.7. The molecule has 3 fully saturated rings. The van der Waals surface area contributed by atoms with Gasteiger partial charge in [0.05, 0.1) is 12.7 Å². The van der Waals surface area contributed by atoms with Crippen LogP contribution in [-0.2, 0) is 28.5 Å². The van der Waals surface area contributed by atoms with Gasteiger partial charge in [-0.2, -0.15) is 0 Å². The van der Waals surface area contributed by atoms with Gasteiger partial charge in [-0.15, -0.1) is 0 Å². The van der Waals surface area contributed by atoms with E-state index in [-0.39, 0.29) is 0 Å². The zero-order chi connectivity index (χ0) is 25.5. The minimum absolute atomic E-state index is 0.666. The van der Waals surface area contributed by atoms with Crippen LogP contribution in [0.15, 0.2) is 0 Å². The van der Waals surface area contributed by atoms with E-state index in [0.717, 1.165) is 0 Å². The highest BCUT2D eigenvalue weighted by Crippen LogP contribution is 2.30. The highest BCUT2D eigenvalue weighted by atomic mass is 16.7. The number of aliphatic hydroxyl groups excluding tert-OH is 9. The van der Waals surface area contributed by atoms with Crippen molar-refractivity contribution < 1.29 is 79.5 Å². The van der Waals surface area contributed by atoms with Gasteiger partial charge in [0.2, 0.25) is 0 Å². The van der Waals surface area contributed by atoms with Crippen LogP contribution < -0.4 is 0 Å². The van der Waals surface area contributed by atoms with Gasteiger partial charge in [0.25, 0.3) is 0 Å². The van der Waals surface area contributed by atoms with Gasteiger partial charge in [-0.25, -0.2) is 4.79 Å². The lowest BCUT2D eigenvalue weighted by Gasteiger charge is -2.45. The highest BCUT2D eigenvalue weighted by Gasteiger charge is 2.53. The maximum atomic E-state index is 11.7. The average molecular weight is 502 g/mol. The smallest absolute Gasteiger partial charge is 0.335 e. The number of aliphatic carboxylic acids is 1. The van der Waals surface area contributed by atoms with Crippen LogP contribution in [0.5, 0.6) is 0 Å². The Balaban J connectivity index is 1.67. The monoisotopic (exact) mass is 502 g/mol. The molecule has 0 aromatic carbocycles. The van der Waals surface area contributed by atoms with Crippen LogP contribution in [-0.4, -0.2) is 156 Å². The SMILES string of the molecule is C[C@@H]1O[C@@H](O[C@H]2[C@H](O)[C@@H](O)[C@H](OC[C@H]3OC(O)[C@H](O)[C@@H](O)[C@H]3O)O[C@@H]2C(=O)O)[C@H](O)[C@H](O)[C@H]1O. The van der Waals surface area contributed by atoms with E-state index in [4.69, 9.17) is 23.7 Å². The van der Waals surface area contributed by atoms with Gasteiger partial charge < -0.3 is 74.7 Å². The van der Waals surface area contributed by atoms with Crippen molar-refractivity contribution in [2.24, 2.45) is 0 Å². The molecule has 3 aliphatic rings. The van der Waals surface area contributed by atoms with Crippen molar-refractivity contribution in [1.29, 1.82) is 0 Å². The number of carboxylic acid groups (broad SMARTS) is 1. The number of rotatable bonds is 6. The Hall–Kier alpha value is -1.09. The number of carbonyl (C=O) groups is 1. The number of carboxylic acids is 1. The molecule has 0 spiro atoms. The van der Waals surface area contributed by atoms with Crippen molar-refractivity contribution in [2.75, 3.05) is 6.61 Å². The van der Waals surface area contributed by atoms with Crippen LogP contribution >= 0.6 is 0 Å². The van der Waals surface area contributed by atoms with Gasteiger partial charge in [-0.1, -0.05) is 0 Å². The first-order valence-corrected chi connectivity index (χ1v) is 10.4. The van der Waals surface area contributed by atoms with Crippen LogP contribution in [0.25, 0.3) is 0 Å². The molecule has 198 valence electrons. The molecule has 3 heterocycles. The van der Waals surface area contributed by atoms with Crippen molar-refractivity contribution >= 4 is 5.97 Å². The topological polar surface area (TPSA) is 266 Å². The Morgan fingerprint density at radius 3 is 1.91 bits per heavy atom. The number of aliphatic hydroxyl groups is 9. The second-order valence-corrected chi connectivity index (χ2v) is 8.40. The lowest BCUT2D eigenvalue weighted by molar-refractivity contribution is -0.356. The molecule has 0 aromatic rings. The van der Waals surface area contributed by atoms with Gasteiger partial charge in [0.1, 0.15) is 61.0 Å². The average Bonchev–Trinajstić information content (AvgIpc) is 2.79. The molecule has 1 unspecified atom stereocenters. The molecule has 0 aromatic heterocycles. The third-order valence-corrected chi connectivity index (χ3v) is 6.00. The molecular weight excluding hydrogens is 472 g/mol. The van der Waals surface area contributed by atoms with Gasteiger partial charge in [0, 0.05) is 0 Å². The van der Waals surface area contributed by atoms with Crippen LogP contribution in [0.2, 0.25) is 0 Å². The van der Waals surface area contributed by atoms with Crippen molar-refractivity contribution in [3.05, 3.63) is 0 Å². The fraction of sp³-hybridized carbons (Fsp3) is 0.944. The Bertz CT molecular complexity index is 693. The first-order valence-electron chi connectivity index (χ1n) is 10.4. The first-order chi connectivity index (χ1) is 15.8. The maximum absolute atomic E-state index is 11.7. The minimum atomic E-state index is -1.98. The minimum Gasteiger partial charge on any atom is -0.479 e. The van der Waals surface area contributed by atoms with Crippen LogP contribution in [0.3, 0.4) is 0 Å². The fourth-order valence-corrected chi connectivity index (χ4v) is 3.86. The van der Waals surface area contributed by atoms with E-state index in [1.165, 1.54) is 6.92 Å². The van der Waals surface area contributed by atoms with Gasteiger partial charge >= 0.3 is 5.97 Å². The van der Waals surface area contributed by atoms with Crippen molar-refractivity contribution in [2.45, 2.75) is 99.0 Å². The maximum Gasteiger partial charge on any atom is 0.335 e. The zero-order valence-corrected chi connectivity index (χ0v) is 17.8. The Morgan fingerprint density at radius 1 is 0.706 bits per heavy atom. The van der Waals surface area contributed by atoms with Crippen LogP contribution in [0, 0.1) is 0 Å². The molecule has 3 saturated heterocycles. The summed E-state index contributed by atoms with van der Waals surface area (Å²) in [6.45, 7) is 0.687. The lowest BCUT2D eigenvalue weighted by Crippen LogP contribution is -2.65. The van der Waals surface area contributed by atoms with E-state index in [9.17, 15) is 55.9 Å². The summed E-state index contributed by atoms with van der Waals surface area (Å²) < 4.78 is 25.8. The lowest BCUT2D eigenvalue weighted by atomic mass is 9.97. The van der Waals surface area contributed by atoms with E-state index in [1.807, 2.05) is 0 Å². The molecule has 0 bridgehead atoms. The van der Waals surface area contributed by atoms with Crippen LogP contribution in [0.4, 0.5) is 0 Å². The predicted octanol–water partition coefficient (Wildman–Crippen LogP) is -6.45. The predicted molar refractivity (Wildman–Crippen MR) is 100 cm³/mol. The van der Waals surface area contributed by atoms with Gasteiger partial charge in [-0.3, -0.25) is 0 Å². The van der Waals surface area contributed by atoms with Gasteiger partial charge in [-0.05, 0) is 6.92 Å². The van der Waals surface area contributed by atoms with Crippen molar-refractivity contribution in [3.8, 4) is 0 Å². The van der Waals surface area contributed by atoms with E-state index >= 15 is 0 Å². The third kappa shape index (κ3) is 5.35.